The molecule has 0 amide bonds. The van der Waals surface area contributed by atoms with Crippen LogP contribution in [0.15, 0.2) is 30.6 Å². The minimum Gasteiger partial charge on any atom is -0.377 e. The molecule has 0 aliphatic heterocycles. The number of aromatic nitrogens is 3. The maximum absolute atomic E-state index is 12.8. The third-order valence-corrected chi connectivity index (χ3v) is 2.81. The van der Waals surface area contributed by atoms with Crippen LogP contribution in [0.4, 0.5) is 18.9 Å². The number of hydrogen-bond acceptors (Lipinski definition) is 3. The van der Waals surface area contributed by atoms with Crippen LogP contribution in [0.5, 0.6) is 0 Å². The Hall–Kier alpha value is -2.05. The van der Waals surface area contributed by atoms with Crippen molar-refractivity contribution >= 4 is 5.69 Å². The van der Waals surface area contributed by atoms with Crippen molar-refractivity contribution in [2.45, 2.75) is 32.6 Å². The van der Waals surface area contributed by atoms with E-state index in [2.05, 4.69) is 15.4 Å². The highest BCUT2D eigenvalue weighted by atomic mass is 19.4. The van der Waals surface area contributed by atoms with E-state index in [-0.39, 0.29) is 18.3 Å². The SMILES string of the molecule is CC(C)n1ncnc1CNc1ccccc1C(F)(F)F. The monoisotopic (exact) mass is 284 g/mol. The molecular formula is C13H15F3N4. The molecule has 1 aromatic heterocycles. The number of para-hydroxylation sites is 1. The number of alkyl halides is 3. The molecule has 0 unspecified atom stereocenters. The van der Waals surface area contributed by atoms with Crippen LogP contribution in [0.25, 0.3) is 0 Å². The van der Waals surface area contributed by atoms with Gasteiger partial charge in [-0.1, -0.05) is 12.1 Å². The first-order valence-electron chi connectivity index (χ1n) is 6.18. The summed E-state index contributed by atoms with van der Waals surface area (Å²) in [7, 11) is 0. The van der Waals surface area contributed by atoms with E-state index in [1.807, 2.05) is 13.8 Å². The molecule has 4 nitrogen and oxygen atoms in total. The predicted molar refractivity (Wildman–Crippen MR) is 69.2 cm³/mol. The summed E-state index contributed by atoms with van der Waals surface area (Å²) in [6.07, 6.45) is -2.98. The van der Waals surface area contributed by atoms with E-state index in [9.17, 15) is 13.2 Å². The molecule has 0 aliphatic carbocycles. The molecule has 1 heterocycles. The highest BCUT2D eigenvalue weighted by molar-refractivity contribution is 5.52. The van der Waals surface area contributed by atoms with E-state index in [4.69, 9.17) is 0 Å². The highest BCUT2D eigenvalue weighted by Crippen LogP contribution is 2.34. The lowest BCUT2D eigenvalue weighted by Gasteiger charge is -2.15. The Labute approximate surface area is 114 Å². The largest absolute Gasteiger partial charge is 0.418 e. The van der Waals surface area contributed by atoms with Gasteiger partial charge >= 0.3 is 6.18 Å². The van der Waals surface area contributed by atoms with Gasteiger partial charge in [0.2, 0.25) is 0 Å². The lowest BCUT2D eigenvalue weighted by Crippen LogP contribution is -2.14. The van der Waals surface area contributed by atoms with Crippen LogP contribution in [0.3, 0.4) is 0 Å². The van der Waals surface area contributed by atoms with E-state index in [0.29, 0.717) is 5.82 Å². The molecule has 1 N–H and O–H groups in total. The summed E-state index contributed by atoms with van der Waals surface area (Å²) in [5.74, 6) is 0.594. The zero-order valence-corrected chi connectivity index (χ0v) is 11.1. The van der Waals surface area contributed by atoms with Crippen molar-refractivity contribution in [3.8, 4) is 0 Å². The Morgan fingerprint density at radius 1 is 1.25 bits per heavy atom. The summed E-state index contributed by atoms with van der Waals surface area (Å²) in [6, 6.07) is 5.48. The zero-order chi connectivity index (χ0) is 14.8. The van der Waals surface area contributed by atoms with Crippen molar-refractivity contribution in [1.82, 2.24) is 14.8 Å². The highest BCUT2D eigenvalue weighted by Gasteiger charge is 2.33. The van der Waals surface area contributed by atoms with Crippen molar-refractivity contribution in [1.29, 1.82) is 0 Å². The molecule has 0 atom stereocenters. The molecule has 0 bridgehead atoms. The Morgan fingerprint density at radius 3 is 2.60 bits per heavy atom. The van der Waals surface area contributed by atoms with Crippen molar-refractivity contribution in [2.24, 2.45) is 0 Å². The molecule has 0 saturated heterocycles. The Balaban J connectivity index is 2.18. The molecule has 7 heteroatoms. The molecule has 108 valence electrons. The number of rotatable bonds is 4. The molecular weight excluding hydrogens is 269 g/mol. The van der Waals surface area contributed by atoms with Crippen LogP contribution in [-0.2, 0) is 12.7 Å². The van der Waals surface area contributed by atoms with Gasteiger partial charge in [0.1, 0.15) is 12.2 Å². The van der Waals surface area contributed by atoms with Gasteiger partial charge in [0.25, 0.3) is 0 Å². The molecule has 2 aromatic rings. The van der Waals surface area contributed by atoms with Crippen LogP contribution in [0, 0.1) is 0 Å². The third-order valence-electron chi connectivity index (χ3n) is 2.81. The van der Waals surface area contributed by atoms with Gasteiger partial charge in [0.05, 0.1) is 12.1 Å². The predicted octanol–water partition coefficient (Wildman–Crippen LogP) is 3.49. The summed E-state index contributed by atoms with van der Waals surface area (Å²) in [6.45, 7) is 4.05. The van der Waals surface area contributed by atoms with E-state index < -0.39 is 11.7 Å². The maximum atomic E-state index is 12.8. The number of nitrogens with zero attached hydrogens (tertiary/aromatic N) is 3. The molecule has 1 aromatic carbocycles. The standard InChI is InChI=1S/C13H15F3N4/c1-9(2)20-12(18-8-19-20)7-17-11-6-4-3-5-10(11)13(14,15)16/h3-6,8-9,17H,7H2,1-2H3. The van der Waals surface area contributed by atoms with Crippen molar-refractivity contribution in [3.63, 3.8) is 0 Å². The molecule has 20 heavy (non-hydrogen) atoms. The minimum absolute atomic E-state index is 0.0401. The van der Waals surface area contributed by atoms with Gasteiger partial charge in [-0.25, -0.2) is 9.67 Å². The van der Waals surface area contributed by atoms with Gasteiger partial charge < -0.3 is 5.32 Å². The molecule has 0 fully saturated rings. The maximum Gasteiger partial charge on any atom is 0.418 e. The van der Waals surface area contributed by atoms with Gasteiger partial charge in [0.15, 0.2) is 0 Å². The van der Waals surface area contributed by atoms with Crippen LogP contribution in [0.2, 0.25) is 0 Å². The van der Waals surface area contributed by atoms with Gasteiger partial charge in [-0.15, -0.1) is 0 Å². The second-order valence-electron chi connectivity index (χ2n) is 4.61. The fourth-order valence-electron chi connectivity index (χ4n) is 1.89. The summed E-state index contributed by atoms with van der Waals surface area (Å²) in [5.41, 5.74) is -0.645. The lowest BCUT2D eigenvalue weighted by atomic mass is 10.1. The first-order chi connectivity index (χ1) is 9.39. The normalized spacial score (nSPS) is 11.9. The minimum atomic E-state index is -4.38. The first-order valence-corrected chi connectivity index (χ1v) is 6.18. The second-order valence-corrected chi connectivity index (χ2v) is 4.61. The van der Waals surface area contributed by atoms with Crippen LogP contribution >= 0.6 is 0 Å². The average molecular weight is 284 g/mol. The molecule has 0 aliphatic rings. The van der Waals surface area contributed by atoms with Crippen LogP contribution < -0.4 is 5.32 Å². The number of halogens is 3. The first kappa shape index (κ1) is 14.4. The number of benzene rings is 1. The number of hydrogen-bond donors (Lipinski definition) is 1. The quantitative estimate of drug-likeness (QED) is 0.934. The summed E-state index contributed by atoms with van der Waals surface area (Å²) < 4.78 is 40.2. The smallest absolute Gasteiger partial charge is 0.377 e. The second kappa shape index (κ2) is 5.52. The van der Waals surface area contributed by atoms with Crippen molar-refractivity contribution in [3.05, 3.63) is 42.0 Å². The van der Waals surface area contributed by atoms with Crippen LogP contribution in [-0.4, -0.2) is 14.8 Å². The van der Waals surface area contributed by atoms with Crippen molar-refractivity contribution < 1.29 is 13.2 Å². The molecule has 0 spiro atoms. The van der Waals surface area contributed by atoms with Crippen molar-refractivity contribution in [2.75, 3.05) is 5.32 Å². The van der Waals surface area contributed by atoms with E-state index in [0.717, 1.165) is 6.07 Å². The topological polar surface area (TPSA) is 42.7 Å². The summed E-state index contributed by atoms with van der Waals surface area (Å²) in [5, 5.41) is 6.82. The Morgan fingerprint density at radius 2 is 1.95 bits per heavy atom. The fraction of sp³-hybridized carbons (Fsp3) is 0.385. The number of nitrogens with one attached hydrogen (secondary N) is 1. The van der Waals surface area contributed by atoms with Crippen LogP contribution in [0.1, 0.15) is 31.3 Å². The molecule has 2 rings (SSSR count). The van der Waals surface area contributed by atoms with Gasteiger partial charge in [-0.05, 0) is 26.0 Å². The van der Waals surface area contributed by atoms with E-state index in [1.54, 1.807) is 10.7 Å². The van der Waals surface area contributed by atoms with E-state index in [1.165, 1.54) is 18.5 Å². The Bertz CT molecular complexity index is 575. The van der Waals surface area contributed by atoms with Gasteiger partial charge in [-0.2, -0.15) is 18.3 Å². The zero-order valence-electron chi connectivity index (χ0n) is 11.1. The average Bonchev–Trinajstić information content (AvgIpc) is 2.84. The Kier molecular flexibility index (Phi) is 3.96. The lowest BCUT2D eigenvalue weighted by molar-refractivity contribution is -0.137. The fourth-order valence-corrected chi connectivity index (χ4v) is 1.89. The number of anilines is 1. The third kappa shape index (κ3) is 3.09. The summed E-state index contributed by atoms with van der Waals surface area (Å²) >= 11 is 0. The van der Waals surface area contributed by atoms with Gasteiger partial charge in [0, 0.05) is 11.7 Å². The summed E-state index contributed by atoms with van der Waals surface area (Å²) in [4.78, 5) is 4.05. The van der Waals surface area contributed by atoms with Gasteiger partial charge in [-0.3, -0.25) is 0 Å². The van der Waals surface area contributed by atoms with E-state index >= 15 is 0 Å². The molecule has 0 saturated carbocycles. The molecule has 0 radical (unpaired) electrons.